The maximum Gasteiger partial charge on any atom is 1.00 e. The second-order valence-corrected chi connectivity index (χ2v) is 8.34. The Bertz CT molecular complexity index is 136. The monoisotopic (exact) mass is 378 g/mol. The molecule has 0 aliphatic carbocycles. The van der Waals surface area contributed by atoms with Crippen molar-refractivity contribution in [1.82, 2.24) is 0 Å². The molecule has 0 bridgehead atoms. The second-order valence-electron chi connectivity index (χ2n) is 1.61. The summed E-state index contributed by atoms with van der Waals surface area (Å²) in [5.41, 5.74) is 1.61. The van der Waals surface area contributed by atoms with Gasteiger partial charge in [0.2, 0.25) is 0 Å². The third-order valence-electron chi connectivity index (χ3n) is 0. The molecule has 0 saturated carbocycles. The molecule has 15 heavy (non-hydrogen) atoms. The van der Waals surface area contributed by atoms with Crippen molar-refractivity contribution in [3.63, 3.8) is 0 Å². The summed E-state index contributed by atoms with van der Waals surface area (Å²) in [6.07, 6.45) is 0. The van der Waals surface area contributed by atoms with Crippen LogP contribution in [0.4, 0.5) is 0 Å². The Labute approximate surface area is 137 Å². The average Bonchev–Trinajstić information content (AvgIpc) is 1.12. The van der Waals surface area contributed by atoms with Crippen molar-refractivity contribution < 1.29 is 99.4 Å². The quantitative estimate of drug-likeness (QED) is 0.390. The van der Waals surface area contributed by atoms with Crippen LogP contribution >= 0.6 is 0 Å². The Morgan fingerprint density at radius 1 is 0.800 bits per heavy atom. The van der Waals surface area contributed by atoms with Crippen LogP contribution in [0.1, 0.15) is 0 Å². The Hall–Kier alpha value is 2.44. The van der Waals surface area contributed by atoms with Gasteiger partial charge in [0.15, 0.2) is 0 Å². The molecule has 8 N–H and O–H groups in total. The van der Waals surface area contributed by atoms with E-state index in [9.17, 15) is 15.7 Å². The standard InChI is InChI=1S/2CH5AsO3.2Na.3H2O/c2*1-2(3,4)5;;;;;/h2*1H3,(H2,3,4,5);;;3*1H2/q;;2*+1;;;/p-2. The third-order valence-corrected chi connectivity index (χ3v) is 0. The van der Waals surface area contributed by atoms with E-state index in [2.05, 4.69) is 0 Å². The first-order chi connectivity index (χ1) is 4.00. The fourth-order valence-corrected chi connectivity index (χ4v) is 0. The van der Waals surface area contributed by atoms with Crippen LogP contribution in [0.25, 0.3) is 0 Å². The van der Waals surface area contributed by atoms with Crippen molar-refractivity contribution in [1.29, 1.82) is 0 Å². The summed E-state index contributed by atoms with van der Waals surface area (Å²) < 4.78 is 52.3. The van der Waals surface area contributed by atoms with Gasteiger partial charge < -0.3 is 16.4 Å². The van der Waals surface area contributed by atoms with Gasteiger partial charge in [0.1, 0.15) is 0 Å². The largest absolute Gasteiger partial charge is 1.00 e. The van der Waals surface area contributed by atoms with Crippen LogP contribution in [0.2, 0.25) is 11.4 Å². The van der Waals surface area contributed by atoms with Gasteiger partial charge in [-0.3, -0.25) is 0 Å². The molecular formula is C2H14As2Na2O9. The van der Waals surface area contributed by atoms with Crippen molar-refractivity contribution in [2.24, 2.45) is 0 Å². The predicted octanol–water partition coefficient (Wildman–Crippen LogP) is -11.8. The number of hydrogen-bond donors (Lipinski definition) is 2. The van der Waals surface area contributed by atoms with E-state index >= 15 is 0 Å². The van der Waals surface area contributed by atoms with E-state index in [1.807, 2.05) is 0 Å². The Kier molecular flexibility index (Phi) is 54.2. The molecule has 88 valence electrons. The van der Waals surface area contributed by atoms with Crippen LogP contribution in [-0.2, 0) is 7.48 Å². The molecule has 0 saturated heterocycles. The van der Waals surface area contributed by atoms with E-state index in [0.29, 0.717) is 0 Å². The summed E-state index contributed by atoms with van der Waals surface area (Å²) in [5.74, 6) is 0. The second kappa shape index (κ2) is 18.8. The number of hydrogen-bond acceptors (Lipinski definition) is 4. The van der Waals surface area contributed by atoms with Gasteiger partial charge in [-0.25, -0.2) is 0 Å². The minimum absolute atomic E-state index is 0. The summed E-state index contributed by atoms with van der Waals surface area (Å²) in [7, 11) is 0. The normalized spacial score (nSPS) is 14.3. The summed E-state index contributed by atoms with van der Waals surface area (Å²) in [6, 6.07) is 0. The summed E-state index contributed by atoms with van der Waals surface area (Å²) in [5, 5.41) is 0. The molecule has 9 nitrogen and oxygen atoms in total. The molecule has 0 heterocycles. The first-order valence-electron chi connectivity index (χ1n) is 2.02. The third kappa shape index (κ3) is 577. The minimum atomic E-state index is -4.38. The average molecular weight is 378 g/mol. The fraction of sp³-hybridized carbons (Fsp3) is 1.00. The molecule has 2 atom stereocenters. The first-order valence-corrected chi connectivity index (χ1v) is 10.5. The van der Waals surface area contributed by atoms with Crippen LogP contribution in [0, 0.1) is 0 Å². The van der Waals surface area contributed by atoms with Crippen LogP contribution in [-0.4, -0.2) is 53.0 Å². The summed E-state index contributed by atoms with van der Waals surface area (Å²) in [6.45, 7) is 0. The summed E-state index contributed by atoms with van der Waals surface area (Å²) in [4.78, 5) is 0. The molecule has 0 aromatic carbocycles. The van der Waals surface area contributed by atoms with Crippen molar-refractivity contribution in [2.75, 3.05) is 0 Å². The molecule has 0 aromatic heterocycles. The summed E-state index contributed by atoms with van der Waals surface area (Å²) >= 11 is -8.75. The Morgan fingerprint density at radius 3 is 0.800 bits per heavy atom. The van der Waals surface area contributed by atoms with Crippen LogP contribution in [0.5, 0.6) is 0 Å². The van der Waals surface area contributed by atoms with E-state index in [4.69, 9.17) is 8.19 Å². The van der Waals surface area contributed by atoms with Crippen LogP contribution in [0.15, 0.2) is 0 Å². The topological polar surface area (TPSA) is 215 Å². The van der Waals surface area contributed by atoms with E-state index in [1.165, 1.54) is 0 Å². The molecule has 0 amide bonds. The van der Waals surface area contributed by atoms with Crippen LogP contribution < -0.4 is 67.3 Å². The zero-order valence-corrected chi connectivity index (χ0v) is 16.7. The zero-order chi connectivity index (χ0) is 9.00. The predicted molar refractivity (Wildman–Crippen MR) is 39.9 cm³/mol. The van der Waals surface area contributed by atoms with Gasteiger partial charge in [-0.2, -0.15) is 0 Å². The van der Waals surface area contributed by atoms with Crippen molar-refractivity contribution >= 4 is 28.3 Å². The van der Waals surface area contributed by atoms with E-state index < -0.39 is 28.3 Å². The van der Waals surface area contributed by atoms with Crippen molar-refractivity contribution in [3.8, 4) is 0 Å². The maximum atomic E-state index is 9.28. The van der Waals surface area contributed by atoms with E-state index in [-0.39, 0.29) is 75.5 Å². The van der Waals surface area contributed by atoms with Gasteiger partial charge in [-0.05, 0) is 0 Å². The minimum Gasteiger partial charge on any atom is -0.412 e. The molecule has 0 spiro atoms. The smallest absolute Gasteiger partial charge is 0.412 e. The Morgan fingerprint density at radius 2 is 0.800 bits per heavy atom. The molecular weight excluding hydrogens is 364 g/mol. The molecule has 2 unspecified atom stereocenters. The Balaban J connectivity index is -0.0000000128. The fourth-order valence-electron chi connectivity index (χ4n) is 0. The molecule has 0 aromatic rings. The molecule has 0 radical (unpaired) electrons. The first kappa shape index (κ1) is 43.2. The maximum absolute atomic E-state index is 9.28. The SMILES string of the molecule is C[As](=O)([O-])O.C[As](=O)([O-])O.O.O.O.[Na+].[Na+]. The molecule has 13 heteroatoms. The zero-order valence-electron chi connectivity index (χ0n) is 8.92. The van der Waals surface area contributed by atoms with Gasteiger partial charge in [-0.15, -0.1) is 0 Å². The molecule has 0 rings (SSSR count). The van der Waals surface area contributed by atoms with Crippen molar-refractivity contribution in [2.45, 2.75) is 11.4 Å². The number of rotatable bonds is 0. The van der Waals surface area contributed by atoms with Crippen LogP contribution in [0.3, 0.4) is 0 Å². The van der Waals surface area contributed by atoms with Gasteiger partial charge in [-0.1, -0.05) is 0 Å². The molecule has 0 aliphatic heterocycles. The molecule has 0 aliphatic rings. The van der Waals surface area contributed by atoms with Gasteiger partial charge in [0.25, 0.3) is 0 Å². The van der Waals surface area contributed by atoms with Crippen molar-refractivity contribution in [3.05, 3.63) is 0 Å². The van der Waals surface area contributed by atoms with Gasteiger partial charge >= 0.3 is 123 Å². The van der Waals surface area contributed by atoms with E-state index in [1.54, 1.807) is 0 Å². The van der Waals surface area contributed by atoms with E-state index in [0.717, 1.165) is 11.4 Å². The molecule has 0 fully saturated rings. The van der Waals surface area contributed by atoms with Gasteiger partial charge in [0, 0.05) is 0 Å². The van der Waals surface area contributed by atoms with Gasteiger partial charge in [0.05, 0.1) is 0 Å².